The minimum Gasteiger partial charge on any atom is -0.489 e. The van der Waals surface area contributed by atoms with Crippen LogP contribution in [-0.2, 0) is 4.74 Å². The summed E-state index contributed by atoms with van der Waals surface area (Å²) in [6, 6.07) is 6.02. The second-order valence-corrected chi connectivity index (χ2v) is 7.71. The SMILES string of the molecule is CC(C)Oc1cc(C2CCN(C(=O)OC(C)(C)C)CC2)ccc1N. The minimum atomic E-state index is -0.450. The number of amides is 1. The molecule has 1 amide bonds. The van der Waals surface area contributed by atoms with Crippen LogP contribution < -0.4 is 10.5 Å². The minimum absolute atomic E-state index is 0.0940. The maximum atomic E-state index is 12.1. The Morgan fingerprint density at radius 1 is 1.25 bits per heavy atom. The van der Waals surface area contributed by atoms with Crippen molar-refractivity contribution in [2.75, 3.05) is 18.8 Å². The van der Waals surface area contributed by atoms with Crippen molar-refractivity contribution in [1.82, 2.24) is 4.90 Å². The summed E-state index contributed by atoms with van der Waals surface area (Å²) in [6.07, 6.45) is 1.72. The van der Waals surface area contributed by atoms with Gasteiger partial charge in [-0.05, 0) is 71.1 Å². The highest BCUT2D eigenvalue weighted by atomic mass is 16.6. The highest BCUT2D eigenvalue weighted by molar-refractivity contribution is 5.68. The third-order valence-corrected chi connectivity index (χ3v) is 4.02. The van der Waals surface area contributed by atoms with Gasteiger partial charge in [-0.1, -0.05) is 6.07 Å². The number of piperidine rings is 1. The topological polar surface area (TPSA) is 64.8 Å². The molecule has 5 heteroatoms. The summed E-state index contributed by atoms with van der Waals surface area (Å²) >= 11 is 0. The Hall–Kier alpha value is -1.91. The zero-order valence-electron chi connectivity index (χ0n) is 15.5. The van der Waals surface area contributed by atoms with Gasteiger partial charge in [0.2, 0.25) is 0 Å². The zero-order chi connectivity index (χ0) is 17.9. The van der Waals surface area contributed by atoms with E-state index < -0.39 is 5.60 Å². The molecule has 0 unspecified atom stereocenters. The molecule has 0 saturated carbocycles. The Kier molecular flexibility index (Phi) is 5.62. The third-order valence-electron chi connectivity index (χ3n) is 4.02. The summed E-state index contributed by atoms with van der Waals surface area (Å²) in [6.45, 7) is 11.1. The van der Waals surface area contributed by atoms with Crippen LogP contribution in [0.3, 0.4) is 0 Å². The van der Waals surface area contributed by atoms with Gasteiger partial charge in [0.25, 0.3) is 0 Å². The molecule has 1 aliphatic rings. The lowest BCUT2D eigenvalue weighted by atomic mass is 9.89. The van der Waals surface area contributed by atoms with Crippen molar-refractivity contribution in [1.29, 1.82) is 0 Å². The zero-order valence-corrected chi connectivity index (χ0v) is 15.5. The number of carbonyl (C=O) groups excluding carboxylic acids is 1. The van der Waals surface area contributed by atoms with Gasteiger partial charge in [-0.25, -0.2) is 4.79 Å². The fourth-order valence-electron chi connectivity index (χ4n) is 2.88. The van der Waals surface area contributed by atoms with Crippen molar-refractivity contribution in [3.05, 3.63) is 23.8 Å². The number of benzene rings is 1. The van der Waals surface area contributed by atoms with Crippen LogP contribution in [0, 0.1) is 0 Å². The molecule has 24 heavy (non-hydrogen) atoms. The first-order valence-electron chi connectivity index (χ1n) is 8.69. The van der Waals surface area contributed by atoms with Crippen LogP contribution in [0.5, 0.6) is 5.75 Å². The summed E-state index contributed by atoms with van der Waals surface area (Å²) in [5.74, 6) is 1.16. The molecular formula is C19H30N2O3. The second kappa shape index (κ2) is 7.32. The van der Waals surface area contributed by atoms with Crippen LogP contribution in [0.15, 0.2) is 18.2 Å². The Morgan fingerprint density at radius 3 is 2.42 bits per heavy atom. The van der Waals surface area contributed by atoms with E-state index >= 15 is 0 Å². The number of hydrogen-bond donors (Lipinski definition) is 1. The monoisotopic (exact) mass is 334 g/mol. The fraction of sp³-hybridized carbons (Fsp3) is 0.632. The summed E-state index contributed by atoms with van der Waals surface area (Å²) in [4.78, 5) is 13.9. The second-order valence-electron chi connectivity index (χ2n) is 7.71. The van der Waals surface area contributed by atoms with E-state index in [-0.39, 0.29) is 12.2 Å². The summed E-state index contributed by atoms with van der Waals surface area (Å²) in [5.41, 5.74) is 7.43. The molecule has 1 heterocycles. The van der Waals surface area contributed by atoms with Crippen molar-refractivity contribution >= 4 is 11.8 Å². The molecule has 1 aliphatic heterocycles. The van der Waals surface area contributed by atoms with Gasteiger partial charge in [0.05, 0.1) is 11.8 Å². The quantitative estimate of drug-likeness (QED) is 0.843. The Balaban J connectivity index is 1.98. The van der Waals surface area contributed by atoms with Crippen molar-refractivity contribution in [2.45, 2.75) is 65.1 Å². The summed E-state index contributed by atoms with van der Waals surface area (Å²) in [5, 5.41) is 0. The molecule has 2 N–H and O–H groups in total. The van der Waals surface area contributed by atoms with Crippen LogP contribution in [0.2, 0.25) is 0 Å². The summed E-state index contributed by atoms with van der Waals surface area (Å²) in [7, 11) is 0. The number of nitrogens with two attached hydrogens (primary N) is 1. The number of nitrogens with zero attached hydrogens (tertiary/aromatic N) is 1. The maximum absolute atomic E-state index is 12.1. The van der Waals surface area contributed by atoms with Gasteiger partial charge in [-0.2, -0.15) is 0 Å². The Morgan fingerprint density at radius 2 is 1.88 bits per heavy atom. The molecule has 0 atom stereocenters. The molecule has 134 valence electrons. The van der Waals surface area contributed by atoms with Crippen LogP contribution in [0.25, 0.3) is 0 Å². The Bertz CT molecular complexity index is 570. The third kappa shape index (κ3) is 5.05. The lowest BCUT2D eigenvalue weighted by molar-refractivity contribution is 0.0204. The van der Waals surface area contributed by atoms with E-state index in [1.807, 2.05) is 46.8 Å². The highest BCUT2D eigenvalue weighted by Crippen LogP contribution is 2.33. The van der Waals surface area contributed by atoms with Crippen LogP contribution in [0.1, 0.15) is 58.9 Å². The van der Waals surface area contributed by atoms with E-state index in [1.54, 1.807) is 4.90 Å². The molecule has 0 aliphatic carbocycles. The molecule has 1 aromatic rings. The van der Waals surface area contributed by atoms with Gasteiger partial charge >= 0.3 is 6.09 Å². The molecule has 1 aromatic carbocycles. The number of carbonyl (C=O) groups is 1. The van der Waals surface area contributed by atoms with Crippen molar-refractivity contribution in [2.24, 2.45) is 0 Å². The first kappa shape index (κ1) is 18.4. The van der Waals surface area contributed by atoms with E-state index in [0.717, 1.165) is 18.6 Å². The molecule has 0 bridgehead atoms. The van der Waals surface area contributed by atoms with Crippen molar-refractivity contribution in [3.63, 3.8) is 0 Å². The van der Waals surface area contributed by atoms with Crippen LogP contribution >= 0.6 is 0 Å². The first-order valence-corrected chi connectivity index (χ1v) is 8.69. The molecule has 1 fully saturated rings. The van der Waals surface area contributed by atoms with E-state index in [2.05, 4.69) is 6.07 Å². The standard InChI is InChI=1S/C19H30N2O3/c1-13(2)23-17-12-15(6-7-16(17)20)14-8-10-21(11-9-14)18(22)24-19(3,4)5/h6-7,12-14H,8-11,20H2,1-5H3. The molecule has 1 saturated heterocycles. The maximum Gasteiger partial charge on any atom is 0.410 e. The van der Waals surface area contributed by atoms with Crippen LogP contribution in [-0.4, -0.2) is 35.8 Å². The van der Waals surface area contributed by atoms with Gasteiger partial charge in [0, 0.05) is 13.1 Å². The Labute approximate surface area is 145 Å². The highest BCUT2D eigenvalue weighted by Gasteiger charge is 2.27. The number of nitrogen functional groups attached to an aromatic ring is 1. The molecular weight excluding hydrogens is 304 g/mol. The van der Waals surface area contributed by atoms with E-state index in [1.165, 1.54) is 5.56 Å². The van der Waals surface area contributed by atoms with Gasteiger partial charge < -0.3 is 20.1 Å². The molecule has 0 spiro atoms. The smallest absolute Gasteiger partial charge is 0.410 e. The first-order chi connectivity index (χ1) is 11.2. The van der Waals surface area contributed by atoms with Crippen LogP contribution in [0.4, 0.5) is 10.5 Å². The van der Waals surface area contributed by atoms with Gasteiger partial charge in [-0.3, -0.25) is 0 Å². The number of likely N-dealkylation sites (tertiary alicyclic amines) is 1. The number of anilines is 1. The predicted molar refractivity (Wildman–Crippen MR) is 96.4 cm³/mol. The predicted octanol–water partition coefficient (Wildman–Crippen LogP) is 4.17. The molecule has 5 nitrogen and oxygen atoms in total. The number of rotatable bonds is 3. The number of hydrogen-bond acceptors (Lipinski definition) is 4. The van der Waals surface area contributed by atoms with Crippen molar-refractivity contribution in [3.8, 4) is 5.75 Å². The largest absolute Gasteiger partial charge is 0.489 e. The van der Waals surface area contributed by atoms with E-state index in [4.69, 9.17) is 15.2 Å². The molecule has 2 rings (SSSR count). The van der Waals surface area contributed by atoms with Gasteiger partial charge in [0.1, 0.15) is 11.4 Å². The van der Waals surface area contributed by atoms with Gasteiger partial charge in [0.15, 0.2) is 0 Å². The fourth-order valence-corrected chi connectivity index (χ4v) is 2.88. The summed E-state index contributed by atoms with van der Waals surface area (Å²) < 4.78 is 11.2. The normalized spacial score (nSPS) is 16.3. The van der Waals surface area contributed by atoms with E-state index in [0.29, 0.717) is 24.7 Å². The average molecular weight is 334 g/mol. The lowest BCUT2D eigenvalue weighted by Gasteiger charge is -2.33. The molecule has 0 aromatic heterocycles. The lowest BCUT2D eigenvalue weighted by Crippen LogP contribution is -2.41. The average Bonchev–Trinajstić information content (AvgIpc) is 2.47. The van der Waals surface area contributed by atoms with E-state index in [9.17, 15) is 4.79 Å². The molecule has 0 radical (unpaired) electrons. The number of ether oxygens (including phenoxy) is 2. The van der Waals surface area contributed by atoms with Gasteiger partial charge in [-0.15, -0.1) is 0 Å². The van der Waals surface area contributed by atoms with Crippen molar-refractivity contribution < 1.29 is 14.3 Å².